The summed E-state index contributed by atoms with van der Waals surface area (Å²) in [6, 6.07) is -1.17. The molecule has 2 aromatic heterocycles. The molecule has 2 nitrogen and oxygen atoms in total. The molecule has 0 radical (unpaired) electrons. The summed E-state index contributed by atoms with van der Waals surface area (Å²) in [5, 5.41) is -3.39. The molecule has 0 aliphatic carbocycles. The Hall–Kier alpha value is -2.10. The van der Waals surface area contributed by atoms with E-state index in [1.807, 2.05) is 0 Å². The monoisotopic (exact) mass is 560 g/mol. The summed E-state index contributed by atoms with van der Waals surface area (Å²) in [7, 11) is 0. The zero-order valence-corrected chi connectivity index (χ0v) is 16.8. The SMILES string of the molecule is FC(F)(F)c1cnc(C(F)(F)C(F)(F)C(F)(F)C(F)(F)c2cc(Cl)c(C(F)(F)F)cn2)cc1Cl. The highest BCUT2D eigenvalue weighted by molar-refractivity contribution is 6.31. The van der Waals surface area contributed by atoms with Crippen LogP contribution in [0.2, 0.25) is 10.0 Å². The number of halogens is 16. The molecular formula is C16H4Cl2F14N2. The number of hydrogen-bond donors (Lipinski definition) is 0. The van der Waals surface area contributed by atoms with Gasteiger partial charge in [-0.05, 0) is 12.1 Å². The van der Waals surface area contributed by atoms with Crippen LogP contribution in [0.1, 0.15) is 22.5 Å². The van der Waals surface area contributed by atoms with E-state index in [0.29, 0.717) is 0 Å². The summed E-state index contributed by atoms with van der Waals surface area (Å²) in [4.78, 5) is 4.58. The molecule has 0 saturated heterocycles. The lowest BCUT2D eigenvalue weighted by Crippen LogP contribution is -2.60. The van der Waals surface area contributed by atoms with Crippen LogP contribution in [0.15, 0.2) is 24.5 Å². The Balaban J connectivity index is 2.59. The van der Waals surface area contributed by atoms with Crippen molar-refractivity contribution in [3.63, 3.8) is 0 Å². The minimum absolute atomic E-state index is 0.519. The van der Waals surface area contributed by atoms with Crippen molar-refractivity contribution >= 4 is 23.2 Å². The molecule has 18 heteroatoms. The summed E-state index contributed by atoms with van der Waals surface area (Å²) in [5.74, 6) is -26.9. The van der Waals surface area contributed by atoms with E-state index in [1.54, 1.807) is 0 Å². The van der Waals surface area contributed by atoms with Crippen molar-refractivity contribution in [2.24, 2.45) is 0 Å². The lowest BCUT2D eigenvalue weighted by atomic mass is 9.94. The van der Waals surface area contributed by atoms with Crippen molar-refractivity contribution in [3.8, 4) is 0 Å². The number of pyridine rings is 2. The van der Waals surface area contributed by atoms with Crippen LogP contribution in [0.4, 0.5) is 61.5 Å². The predicted octanol–water partition coefficient (Wildman–Crippen LogP) is 7.98. The Morgan fingerprint density at radius 1 is 0.500 bits per heavy atom. The average Bonchev–Trinajstić information content (AvgIpc) is 2.65. The van der Waals surface area contributed by atoms with Crippen molar-refractivity contribution in [3.05, 3.63) is 57.1 Å². The highest BCUT2D eigenvalue weighted by Crippen LogP contribution is 2.59. The Bertz CT molecular complexity index is 993. The van der Waals surface area contributed by atoms with E-state index >= 15 is 0 Å². The Morgan fingerprint density at radius 2 is 0.765 bits per heavy atom. The van der Waals surface area contributed by atoms with E-state index in [0.717, 1.165) is 0 Å². The van der Waals surface area contributed by atoms with Gasteiger partial charge in [-0.1, -0.05) is 23.2 Å². The van der Waals surface area contributed by atoms with Gasteiger partial charge in [-0.3, -0.25) is 9.97 Å². The Morgan fingerprint density at radius 3 is 0.971 bits per heavy atom. The lowest BCUT2D eigenvalue weighted by Gasteiger charge is -2.36. The van der Waals surface area contributed by atoms with Crippen molar-refractivity contribution in [1.29, 1.82) is 0 Å². The molecule has 0 amide bonds. The molecule has 2 rings (SSSR count). The first kappa shape index (κ1) is 28.1. The Labute approximate surface area is 188 Å². The summed E-state index contributed by atoms with van der Waals surface area (Å²) >= 11 is 10.1. The van der Waals surface area contributed by atoms with Gasteiger partial charge in [0, 0.05) is 12.4 Å². The fourth-order valence-electron chi connectivity index (χ4n) is 2.34. The van der Waals surface area contributed by atoms with Crippen molar-refractivity contribution in [2.75, 3.05) is 0 Å². The van der Waals surface area contributed by atoms with Gasteiger partial charge in [-0.25, -0.2) is 0 Å². The lowest BCUT2D eigenvalue weighted by molar-refractivity contribution is -0.376. The zero-order chi connectivity index (χ0) is 26.7. The van der Waals surface area contributed by atoms with Crippen LogP contribution in [-0.2, 0) is 24.2 Å². The van der Waals surface area contributed by atoms with Gasteiger partial charge >= 0.3 is 36.0 Å². The van der Waals surface area contributed by atoms with E-state index in [9.17, 15) is 61.5 Å². The highest BCUT2D eigenvalue weighted by Gasteiger charge is 2.82. The molecule has 0 aliphatic heterocycles. The summed E-state index contributed by atoms with van der Waals surface area (Å²) < 4.78 is 189. The largest absolute Gasteiger partial charge is 0.419 e. The molecular weight excluding hydrogens is 557 g/mol. The van der Waals surface area contributed by atoms with E-state index in [-0.39, 0.29) is 0 Å². The van der Waals surface area contributed by atoms with E-state index in [1.165, 1.54) is 0 Å². The average molecular weight is 561 g/mol. The molecule has 0 aromatic carbocycles. The molecule has 0 fully saturated rings. The summed E-state index contributed by atoms with van der Waals surface area (Å²) in [6.45, 7) is 0. The number of aromatic nitrogens is 2. The van der Waals surface area contributed by atoms with Gasteiger partial charge in [0.25, 0.3) is 0 Å². The minimum Gasteiger partial charge on any atom is -0.254 e. The maximum absolute atomic E-state index is 14.2. The predicted molar refractivity (Wildman–Crippen MR) is 86.2 cm³/mol. The van der Waals surface area contributed by atoms with Crippen LogP contribution >= 0.6 is 23.2 Å². The van der Waals surface area contributed by atoms with Gasteiger partial charge in [0.15, 0.2) is 0 Å². The molecule has 0 N–H and O–H groups in total. The molecule has 0 saturated carbocycles. The number of rotatable bonds is 5. The molecule has 0 unspecified atom stereocenters. The third-order valence-corrected chi connectivity index (χ3v) is 4.77. The van der Waals surface area contributed by atoms with Gasteiger partial charge < -0.3 is 0 Å². The van der Waals surface area contributed by atoms with Gasteiger partial charge in [-0.2, -0.15) is 61.5 Å². The van der Waals surface area contributed by atoms with Gasteiger partial charge in [-0.15, -0.1) is 0 Å². The number of hydrogen-bond acceptors (Lipinski definition) is 2. The van der Waals surface area contributed by atoms with E-state index in [4.69, 9.17) is 23.2 Å². The maximum Gasteiger partial charge on any atom is 0.419 e. The molecule has 34 heavy (non-hydrogen) atoms. The third-order valence-electron chi connectivity index (χ3n) is 4.14. The summed E-state index contributed by atoms with van der Waals surface area (Å²) in [6.07, 6.45) is -11.7. The first-order valence-corrected chi connectivity index (χ1v) is 8.73. The van der Waals surface area contributed by atoms with Gasteiger partial charge in [0.2, 0.25) is 0 Å². The fraction of sp³-hybridized carbons (Fsp3) is 0.375. The molecule has 0 aliphatic rings. The molecule has 0 spiro atoms. The van der Waals surface area contributed by atoms with Crippen molar-refractivity contribution in [1.82, 2.24) is 9.97 Å². The molecule has 190 valence electrons. The van der Waals surface area contributed by atoms with Crippen LogP contribution in [0.5, 0.6) is 0 Å². The van der Waals surface area contributed by atoms with Crippen LogP contribution in [0.3, 0.4) is 0 Å². The standard InChI is InChI=1S/C16H4Cl2F14N2/c17-7-1-9(33-3-5(7)13(23,24)25)11(19,20)15(29,30)16(31,32)12(21,22)10-2-8(18)6(4-34-10)14(26,27)28/h1-4H. The topological polar surface area (TPSA) is 25.8 Å². The molecule has 0 bridgehead atoms. The maximum atomic E-state index is 14.2. The second kappa shape index (κ2) is 8.24. The van der Waals surface area contributed by atoms with E-state index < -0.39 is 93.1 Å². The second-order valence-electron chi connectivity index (χ2n) is 6.39. The Kier molecular flexibility index (Phi) is 6.82. The van der Waals surface area contributed by atoms with Crippen LogP contribution in [0.25, 0.3) is 0 Å². The quantitative estimate of drug-likeness (QED) is 0.346. The third kappa shape index (κ3) is 4.45. The summed E-state index contributed by atoms with van der Waals surface area (Å²) in [5.41, 5.74) is -8.94. The highest BCUT2D eigenvalue weighted by atomic mass is 35.5. The first-order valence-electron chi connectivity index (χ1n) is 7.97. The minimum atomic E-state index is -7.10. The fourth-order valence-corrected chi connectivity index (χ4v) is 2.86. The molecule has 2 heterocycles. The van der Waals surface area contributed by atoms with Crippen LogP contribution in [-0.4, -0.2) is 21.8 Å². The van der Waals surface area contributed by atoms with E-state index in [2.05, 4.69) is 9.97 Å². The normalized spacial score (nSPS) is 14.5. The van der Waals surface area contributed by atoms with Crippen molar-refractivity contribution in [2.45, 2.75) is 36.0 Å². The zero-order valence-electron chi connectivity index (χ0n) is 15.3. The van der Waals surface area contributed by atoms with Crippen LogP contribution in [0, 0.1) is 0 Å². The number of alkyl halides is 14. The molecule has 0 atom stereocenters. The van der Waals surface area contributed by atoms with Gasteiger partial charge in [0.05, 0.1) is 21.2 Å². The number of nitrogens with zero attached hydrogens (tertiary/aromatic N) is 2. The first-order chi connectivity index (χ1) is 15.0. The van der Waals surface area contributed by atoms with Gasteiger partial charge in [0.1, 0.15) is 11.4 Å². The smallest absolute Gasteiger partial charge is 0.254 e. The second-order valence-corrected chi connectivity index (χ2v) is 7.21. The van der Waals surface area contributed by atoms with Crippen molar-refractivity contribution < 1.29 is 61.5 Å². The van der Waals surface area contributed by atoms with Crippen LogP contribution < -0.4 is 0 Å². The molecule has 2 aromatic rings.